The number of carboxylic acid groups (broad SMARTS) is 1. The fourth-order valence-electron chi connectivity index (χ4n) is 3.42. The average molecular weight is 341 g/mol. The zero-order valence-electron chi connectivity index (χ0n) is 13.2. The number of benzene rings is 1. The van der Waals surface area contributed by atoms with E-state index in [0.717, 1.165) is 37.5 Å². The molecule has 5 nitrogen and oxygen atoms in total. The second-order valence-electron chi connectivity index (χ2n) is 6.42. The molecule has 0 bridgehead atoms. The number of aromatic carboxylic acids is 1. The summed E-state index contributed by atoms with van der Waals surface area (Å²) in [6, 6.07) is 8.67. The molecular weight excluding hydrogens is 322 g/mol. The van der Waals surface area contributed by atoms with Gasteiger partial charge in [0.25, 0.3) is 0 Å². The van der Waals surface area contributed by atoms with Gasteiger partial charge in [0.15, 0.2) is 5.69 Å². The monoisotopic (exact) mass is 341 g/mol. The van der Waals surface area contributed by atoms with Gasteiger partial charge in [-0.3, -0.25) is 4.90 Å². The molecule has 1 aliphatic rings. The molecule has 0 radical (unpaired) electrons. The maximum Gasteiger partial charge on any atom is 0.355 e. The molecule has 1 saturated heterocycles. The minimum Gasteiger partial charge on any atom is -0.476 e. The Labute approximate surface area is 144 Å². The largest absolute Gasteiger partial charge is 0.476 e. The van der Waals surface area contributed by atoms with E-state index in [1.165, 1.54) is 27.8 Å². The van der Waals surface area contributed by atoms with Crippen molar-refractivity contribution in [3.05, 3.63) is 52.1 Å². The van der Waals surface area contributed by atoms with Crippen LogP contribution < -0.4 is 0 Å². The molecule has 0 amide bonds. The second-order valence-corrected chi connectivity index (χ2v) is 7.37. The van der Waals surface area contributed by atoms with Gasteiger partial charge in [0, 0.05) is 36.6 Å². The maximum atomic E-state index is 10.9. The molecule has 4 rings (SSSR count). The zero-order chi connectivity index (χ0) is 16.5. The first kappa shape index (κ1) is 15.4. The van der Waals surface area contributed by atoms with Crippen molar-refractivity contribution in [3.8, 4) is 0 Å². The Morgan fingerprint density at radius 1 is 1.42 bits per heavy atom. The van der Waals surface area contributed by atoms with E-state index < -0.39 is 5.97 Å². The number of rotatable bonds is 5. The Morgan fingerprint density at radius 2 is 2.33 bits per heavy atom. The smallest absolute Gasteiger partial charge is 0.355 e. The highest BCUT2D eigenvalue weighted by molar-refractivity contribution is 7.09. The Bertz CT molecular complexity index is 870. The Kier molecular flexibility index (Phi) is 4.08. The molecule has 1 fully saturated rings. The minimum absolute atomic E-state index is 0.170. The van der Waals surface area contributed by atoms with Gasteiger partial charge in [-0.15, -0.1) is 11.3 Å². The molecule has 1 unspecified atom stereocenters. The third-order valence-corrected chi connectivity index (χ3v) is 5.50. The molecule has 0 aliphatic carbocycles. The van der Waals surface area contributed by atoms with Crippen LogP contribution in [0.5, 0.6) is 0 Å². The highest BCUT2D eigenvalue weighted by Gasteiger charge is 2.24. The summed E-state index contributed by atoms with van der Waals surface area (Å²) in [7, 11) is 0. The van der Waals surface area contributed by atoms with Gasteiger partial charge in [-0.1, -0.05) is 12.1 Å². The second kappa shape index (κ2) is 6.37. The number of hydrogen-bond donors (Lipinski definition) is 2. The average Bonchev–Trinajstić information content (AvgIpc) is 3.28. The lowest BCUT2D eigenvalue weighted by molar-refractivity contribution is 0.0691. The topological polar surface area (TPSA) is 69.2 Å². The number of H-pyrrole nitrogens is 1. The van der Waals surface area contributed by atoms with Crippen LogP contribution in [0.3, 0.4) is 0 Å². The first-order chi connectivity index (χ1) is 11.7. The highest BCUT2D eigenvalue weighted by atomic mass is 32.1. The van der Waals surface area contributed by atoms with Crippen LogP contribution in [0.25, 0.3) is 10.9 Å². The van der Waals surface area contributed by atoms with Crippen LogP contribution in [0.2, 0.25) is 0 Å². The van der Waals surface area contributed by atoms with E-state index in [2.05, 4.69) is 39.1 Å². The zero-order valence-corrected chi connectivity index (χ0v) is 14.1. The van der Waals surface area contributed by atoms with E-state index in [9.17, 15) is 4.79 Å². The summed E-state index contributed by atoms with van der Waals surface area (Å²) in [6.07, 6.45) is 4.00. The van der Waals surface area contributed by atoms with Crippen LogP contribution in [0.1, 0.15) is 27.5 Å². The molecule has 3 aromatic rings. The Morgan fingerprint density at radius 3 is 3.17 bits per heavy atom. The number of hydrogen-bond acceptors (Lipinski definition) is 4. The van der Waals surface area contributed by atoms with Crippen LogP contribution in [0.15, 0.2) is 35.8 Å². The van der Waals surface area contributed by atoms with Gasteiger partial charge in [-0.25, -0.2) is 9.78 Å². The van der Waals surface area contributed by atoms with Crippen molar-refractivity contribution in [3.63, 3.8) is 0 Å². The van der Waals surface area contributed by atoms with Crippen molar-refractivity contribution >= 4 is 28.2 Å². The summed E-state index contributed by atoms with van der Waals surface area (Å²) in [4.78, 5) is 20.9. The number of nitrogens with one attached hydrogen (secondary N) is 1. The Hall–Kier alpha value is -2.18. The number of fused-ring (bicyclic) bond motifs is 1. The maximum absolute atomic E-state index is 10.9. The lowest BCUT2D eigenvalue weighted by atomic mass is 10.1. The van der Waals surface area contributed by atoms with Gasteiger partial charge in [0.05, 0.1) is 5.01 Å². The number of likely N-dealkylation sites (tertiary alicyclic amines) is 1. The third kappa shape index (κ3) is 3.20. The van der Waals surface area contributed by atoms with Gasteiger partial charge in [-0.2, -0.15) is 0 Å². The molecule has 3 heterocycles. The first-order valence-electron chi connectivity index (χ1n) is 8.13. The predicted molar refractivity (Wildman–Crippen MR) is 94.5 cm³/mol. The van der Waals surface area contributed by atoms with Crippen molar-refractivity contribution in [2.24, 2.45) is 5.92 Å². The van der Waals surface area contributed by atoms with Gasteiger partial charge in [0.2, 0.25) is 0 Å². The summed E-state index contributed by atoms with van der Waals surface area (Å²) < 4.78 is 0. The number of nitrogens with zero attached hydrogens (tertiary/aromatic N) is 2. The van der Waals surface area contributed by atoms with E-state index in [4.69, 9.17) is 5.11 Å². The lowest BCUT2D eigenvalue weighted by Gasteiger charge is -2.16. The standard InChI is InChI=1S/C18H19N3O2S/c22-18(23)16-11-24-17(20-16)8-13-4-6-21(10-13)9-12-1-2-14-3-5-19-15(14)7-12/h1-3,5,7,11,13,19H,4,6,8-10H2,(H,22,23). The quantitative estimate of drug-likeness (QED) is 0.746. The molecule has 1 atom stereocenters. The van der Waals surface area contributed by atoms with Gasteiger partial charge in [-0.05, 0) is 42.0 Å². The van der Waals surface area contributed by atoms with Crippen molar-refractivity contribution in [1.82, 2.24) is 14.9 Å². The Balaban J connectivity index is 1.36. The number of carbonyl (C=O) groups is 1. The van der Waals surface area contributed by atoms with Gasteiger partial charge in [0.1, 0.15) is 0 Å². The number of thiazole rings is 1. The fourth-order valence-corrected chi connectivity index (χ4v) is 4.31. The summed E-state index contributed by atoms with van der Waals surface area (Å²) in [6.45, 7) is 3.10. The van der Waals surface area contributed by atoms with Crippen LogP contribution in [0.4, 0.5) is 0 Å². The summed E-state index contributed by atoms with van der Waals surface area (Å²) >= 11 is 1.46. The van der Waals surface area contributed by atoms with Crippen LogP contribution in [-0.2, 0) is 13.0 Å². The SMILES string of the molecule is O=C(O)c1csc(CC2CCN(Cc3ccc4cc[nH]c4c3)C2)n1. The summed E-state index contributed by atoms with van der Waals surface area (Å²) in [5.74, 6) is -0.378. The molecule has 24 heavy (non-hydrogen) atoms. The highest BCUT2D eigenvalue weighted by Crippen LogP contribution is 2.25. The van der Waals surface area contributed by atoms with E-state index in [1.54, 1.807) is 5.38 Å². The van der Waals surface area contributed by atoms with Crippen molar-refractivity contribution in [2.45, 2.75) is 19.4 Å². The molecule has 6 heteroatoms. The molecule has 124 valence electrons. The van der Waals surface area contributed by atoms with Crippen molar-refractivity contribution < 1.29 is 9.90 Å². The molecule has 2 N–H and O–H groups in total. The van der Waals surface area contributed by atoms with E-state index in [1.807, 2.05) is 6.20 Å². The van der Waals surface area contributed by atoms with E-state index in [-0.39, 0.29) is 5.69 Å². The minimum atomic E-state index is -0.940. The number of carboxylic acids is 1. The molecule has 2 aromatic heterocycles. The van der Waals surface area contributed by atoms with E-state index >= 15 is 0 Å². The number of aromatic amines is 1. The molecular formula is C18H19N3O2S. The molecule has 1 aliphatic heterocycles. The normalized spacial score (nSPS) is 18.4. The summed E-state index contributed by atoms with van der Waals surface area (Å²) in [5, 5.41) is 12.8. The van der Waals surface area contributed by atoms with Crippen molar-refractivity contribution in [1.29, 1.82) is 0 Å². The predicted octanol–water partition coefficient (Wildman–Crippen LogP) is 3.39. The lowest BCUT2D eigenvalue weighted by Crippen LogP contribution is -2.20. The molecule has 0 saturated carbocycles. The summed E-state index contributed by atoms with van der Waals surface area (Å²) in [5.41, 5.74) is 2.68. The molecule has 0 spiro atoms. The first-order valence-corrected chi connectivity index (χ1v) is 9.01. The van der Waals surface area contributed by atoms with Gasteiger partial charge < -0.3 is 10.1 Å². The fraction of sp³-hybridized carbons (Fsp3) is 0.333. The van der Waals surface area contributed by atoms with E-state index in [0.29, 0.717) is 5.92 Å². The van der Waals surface area contributed by atoms with Crippen molar-refractivity contribution in [2.75, 3.05) is 13.1 Å². The van der Waals surface area contributed by atoms with Crippen LogP contribution in [-0.4, -0.2) is 39.0 Å². The number of aromatic nitrogens is 2. The molecule has 1 aromatic carbocycles. The van der Waals surface area contributed by atoms with Crippen LogP contribution in [0, 0.1) is 5.92 Å². The van der Waals surface area contributed by atoms with Crippen LogP contribution >= 0.6 is 11.3 Å². The van der Waals surface area contributed by atoms with Gasteiger partial charge >= 0.3 is 5.97 Å². The third-order valence-electron chi connectivity index (χ3n) is 4.63.